The summed E-state index contributed by atoms with van der Waals surface area (Å²) in [6.07, 6.45) is 7.50. The van der Waals surface area contributed by atoms with Gasteiger partial charge in [0.2, 0.25) is 10.0 Å². The molecule has 0 spiro atoms. The standard InChI is InChI=1S/C33H51NO6S/c1-5-24-28-19-23(35)13-16-33(28,4)27-14-17-32(3)25(11-12-26(32)29(27)30(24)36)21(2)15-18-40-31(37)34-41(38,39)20-22-9-7-6-8-10-22/h6-10,21,23-30,35-36H,5,11-20H2,1-4H3,(H,34,37)/t21-,23-,24-,25?,26+,27?,28?,29?,30-,32?,33+/m1/s1. The minimum Gasteiger partial charge on any atom is -0.449 e. The average Bonchev–Trinajstić information content (AvgIpc) is 3.27. The van der Waals surface area contributed by atoms with Crippen LogP contribution in [-0.4, -0.2) is 43.5 Å². The van der Waals surface area contributed by atoms with E-state index < -0.39 is 16.1 Å². The smallest absolute Gasteiger partial charge is 0.420 e. The van der Waals surface area contributed by atoms with E-state index in [2.05, 4.69) is 27.7 Å². The van der Waals surface area contributed by atoms with E-state index in [-0.39, 0.29) is 41.3 Å². The maximum absolute atomic E-state index is 12.4. The van der Waals surface area contributed by atoms with Gasteiger partial charge in [-0.1, -0.05) is 64.4 Å². The van der Waals surface area contributed by atoms with Crippen LogP contribution in [0.5, 0.6) is 0 Å². The van der Waals surface area contributed by atoms with Crippen LogP contribution in [0.25, 0.3) is 0 Å². The zero-order valence-corrected chi connectivity index (χ0v) is 26.1. The topological polar surface area (TPSA) is 113 Å². The number of carbonyl (C=O) groups is 1. The molecule has 7 nitrogen and oxygen atoms in total. The van der Waals surface area contributed by atoms with E-state index in [1.807, 2.05) is 10.8 Å². The minimum atomic E-state index is -3.83. The lowest BCUT2D eigenvalue weighted by atomic mass is 9.41. The molecule has 1 aromatic rings. The highest BCUT2D eigenvalue weighted by Gasteiger charge is 2.64. The van der Waals surface area contributed by atoms with Crippen LogP contribution in [0, 0.1) is 52.3 Å². The molecule has 1 amide bonds. The van der Waals surface area contributed by atoms with Crippen LogP contribution in [0.15, 0.2) is 30.3 Å². The molecule has 0 heterocycles. The second-order valence-corrected chi connectivity index (χ2v) is 16.1. The highest BCUT2D eigenvalue weighted by atomic mass is 32.2. The fraction of sp³-hybridized carbons (Fsp3) is 0.788. The van der Waals surface area contributed by atoms with Crippen LogP contribution in [0.4, 0.5) is 4.79 Å². The Balaban J connectivity index is 1.20. The molecule has 0 aliphatic heterocycles. The maximum atomic E-state index is 12.4. The van der Waals surface area contributed by atoms with Crippen molar-refractivity contribution in [1.82, 2.24) is 4.72 Å². The Kier molecular flexibility index (Phi) is 8.87. The first-order valence-electron chi connectivity index (χ1n) is 16.0. The minimum absolute atomic E-state index is 0.137. The third-order valence-electron chi connectivity index (χ3n) is 12.4. The van der Waals surface area contributed by atoms with Gasteiger partial charge in [-0.2, -0.15) is 0 Å². The summed E-state index contributed by atoms with van der Waals surface area (Å²) < 4.78 is 32.2. The molecule has 0 radical (unpaired) electrons. The number of amides is 1. The number of aliphatic hydroxyl groups excluding tert-OH is 2. The Morgan fingerprint density at radius 2 is 1.71 bits per heavy atom. The van der Waals surface area contributed by atoms with E-state index in [1.54, 1.807) is 24.3 Å². The molecule has 0 aromatic heterocycles. The summed E-state index contributed by atoms with van der Waals surface area (Å²) in [5, 5.41) is 22.4. The van der Waals surface area contributed by atoms with Gasteiger partial charge in [0, 0.05) is 0 Å². The van der Waals surface area contributed by atoms with Crippen LogP contribution < -0.4 is 4.72 Å². The predicted molar refractivity (Wildman–Crippen MR) is 159 cm³/mol. The number of fused-ring (bicyclic) bond motifs is 5. The van der Waals surface area contributed by atoms with Gasteiger partial charge in [0.25, 0.3) is 0 Å². The Hall–Kier alpha value is -1.64. The zero-order valence-electron chi connectivity index (χ0n) is 25.3. The third-order valence-corrected chi connectivity index (χ3v) is 13.6. The van der Waals surface area contributed by atoms with Crippen LogP contribution >= 0.6 is 0 Å². The van der Waals surface area contributed by atoms with E-state index in [1.165, 1.54) is 0 Å². The van der Waals surface area contributed by atoms with Crippen LogP contribution in [0.2, 0.25) is 0 Å². The molecule has 1 aromatic carbocycles. The molecule has 4 saturated carbocycles. The normalized spacial score (nSPS) is 41.0. The Morgan fingerprint density at radius 1 is 1.02 bits per heavy atom. The van der Waals surface area contributed by atoms with E-state index in [9.17, 15) is 23.4 Å². The van der Waals surface area contributed by atoms with Gasteiger partial charge < -0.3 is 14.9 Å². The molecule has 5 unspecified atom stereocenters. The maximum Gasteiger partial charge on any atom is 0.420 e. The fourth-order valence-corrected chi connectivity index (χ4v) is 11.5. The van der Waals surface area contributed by atoms with Crippen molar-refractivity contribution in [2.75, 3.05) is 6.61 Å². The lowest BCUT2D eigenvalue weighted by Gasteiger charge is -2.64. The Bertz CT molecular complexity index is 1180. The quantitative estimate of drug-likeness (QED) is 0.348. The molecule has 4 aliphatic rings. The summed E-state index contributed by atoms with van der Waals surface area (Å²) in [5.74, 6) is 2.48. The van der Waals surface area contributed by atoms with Crippen molar-refractivity contribution < 1.29 is 28.2 Å². The summed E-state index contributed by atoms with van der Waals surface area (Å²) in [4.78, 5) is 12.3. The number of hydrogen-bond donors (Lipinski definition) is 3. The van der Waals surface area contributed by atoms with Gasteiger partial charge in [-0.05, 0) is 109 Å². The number of ether oxygens (including phenoxy) is 1. The predicted octanol–water partition coefficient (Wildman–Crippen LogP) is 5.90. The number of carbonyl (C=O) groups excluding carboxylic acids is 1. The molecule has 3 N–H and O–H groups in total. The summed E-state index contributed by atoms with van der Waals surface area (Å²) in [6.45, 7) is 9.54. The number of rotatable bonds is 8. The van der Waals surface area contributed by atoms with Crippen LogP contribution in [0.3, 0.4) is 0 Å². The molecule has 4 aliphatic carbocycles. The van der Waals surface area contributed by atoms with Gasteiger partial charge >= 0.3 is 6.09 Å². The second kappa shape index (κ2) is 11.8. The molecular formula is C33H51NO6S. The monoisotopic (exact) mass is 589 g/mol. The van der Waals surface area contributed by atoms with Crippen molar-refractivity contribution in [3.05, 3.63) is 35.9 Å². The summed E-state index contributed by atoms with van der Waals surface area (Å²) in [6, 6.07) is 8.76. The lowest BCUT2D eigenvalue weighted by molar-refractivity contribution is -0.203. The Morgan fingerprint density at radius 3 is 2.41 bits per heavy atom. The Labute approximate surface area is 246 Å². The summed E-state index contributed by atoms with van der Waals surface area (Å²) in [7, 11) is -3.83. The highest BCUT2D eigenvalue weighted by molar-refractivity contribution is 7.89. The van der Waals surface area contributed by atoms with E-state index in [4.69, 9.17) is 4.74 Å². The zero-order chi connectivity index (χ0) is 29.6. The largest absolute Gasteiger partial charge is 0.449 e. The second-order valence-electron chi connectivity index (χ2n) is 14.4. The first-order chi connectivity index (χ1) is 19.4. The molecule has 8 heteroatoms. The lowest BCUT2D eigenvalue weighted by Crippen LogP contribution is -2.62. The molecule has 41 heavy (non-hydrogen) atoms. The molecule has 230 valence electrons. The molecule has 11 atom stereocenters. The van der Waals surface area contributed by atoms with Gasteiger partial charge in [0.05, 0.1) is 24.6 Å². The first-order valence-corrected chi connectivity index (χ1v) is 17.6. The van der Waals surface area contributed by atoms with Crippen molar-refractivity contribution in [3.63, 3.8) is 0 Å². The fourth-order valence-electron chi connectivity index (χ4n) is 10.5. The van der Waals surface area contributed by atoms with Crippen molar-refractivity contribution in [1.29, 1.82) is 0 Å². The van der Waals surface area contributed by atoms with E-state index in [0.717, 1.165) is 51.4 Å². The van der Waals surface area contributed by atoms with Crippen molar-refractivity contribution in [2.24, 2.45) is 52.3 Å². The summed E-state index contributed by atoms with van der Waals surface area (Å²) in [5.41, 5.74) is 0.939. The molecule has 0 bridgehead atoms. The van der Waals surface area contributed by atoms with E-state index in [0.29, 0.717) is 47.5 Å². The number of benzene rings is 1. The van der Waals surface area contributed by atoms with Gasteiger partial charge in [0.1, 0.15) is 0 Å². The van der Waals surface area contributed by atoms with Crippen molar-refractivity contribution in [3.8, 4) is 0 Å². The average molecular weight is 590 g/mol. The number of nitrogens with one attached hydrogen (secondary N) is 1. The third kappa shape index (κ3) is 5.82. The molecule has 5 rings (SSSR count). The molecule has 0 saturated heterocycles. The summed E-state index contributed by atoms with van der Waals surface area (Å²) >= 11 is 0. The van der Waals surface area contributed by atoms with Crippen molar-refractivity contribution in [2.45, 2.75) is 103 Å². The van der Waals surface area contributed by atoms with E-state index >= 15 is 0 Å². The van der Waals surface area contributed by atoms with Crippen molar-refractivity contribution >= 4 is 16.1 Å². The first kappa shape index (κ1) is 30.8. The van der Waals surface area contributed by atoms with Crippen LogP contribution in [-0.2, 0) is 20.5 Å². The number of sulfonamides is 1. The van der Waals surface area contributed by atoms with Gasteiger partial charge in [-0.15, -0.1) is 0 Å². The molecule has 4 fully saturated rings. The SMILES string of the molecule is CC[C@@H]1C2C[C@H](O)CC[C@@]2(C)C2CCC3(C)C([C@H](C)CCOC(=O)NS(=O)(=O)Cc4ccccc4)CC[C@H]3C2[C@@H]1O. The van der Waals surface area contributed by atoms with Gasteiger partial charge in [-0.3, -0.25) is 0 Å². The molecular weight excluding hydrogens is 538 g/mol. The van der Waals surface area contributed by atoms with Crippen LogP contribution in [0.1, 0.15) is 91.0 Å². The van der Waals surface area contributed by atoms with Gasteiger partial charge in [-0.25, -0.2) is 17.9 Å². The number of hydrogen-bond acceptors (Lipinski definition) is 6. The highest BCUT2D eigenvalue weighted by Crippen LogP contribution is 2.69. The number of aliphatic hydroxyl groups is 2. The van der Waals surface area contributed by atoms with Gasteiger partial charge in [0.15, 0.2) is 0 Å².